The van der Waals surface area contributed by atoms with Gasteiger partial charge >= 0.3 is 0 Å². The van der Waals surface area contributed by atoms with E-state index in [0.717, 1.165) is 40.8 Å². The minimum atomic E-state index is 0.394. The van der Waals surface area contributed by atoms with Crippen LogP contribution < -0.4 is 0 Å². The molecular weight excluding hydrogens is 420 g/mol. The quantitative estimate of drug-likeness (QED) is 0.316. The van der Waals surface area contributed by atoms with Gasteiger partial charge in [-0.2, -0.15) is 0 Å². The van der Waals surface area contributed by atoms with E-state index in [1.165, 1.54) is 12.8 Å². The topological polar surface area (TPSA) is 69.9 Å². The zero-order valence-corrected chi connectivity index (χ0v) is 18.1. The van der Waals surface area contributed by atoms with Gasteiger partial charge in [-0.1, -0.05) is 48.3 Å². The van der Waals surface area contributed by atoms with Gasteiger partial charge in [-0.05, 0) is 44.0 Å². The summed E-state index contributed by atoms with van der Waals surface area (Å²) in [5.41, 5.74) is 1.80. The molecule has 0 bridgehead atoms. The standard InChI is InChI=1S/C22H21ClN4O2S/c1-14-18(24-21(29-14)19-11-6-12-28-19)13-30-22-26-25-20(16-9-4-5-10-17(16)23)27(22)15-7-2-3-8-15/h4-6,9-12,15H,2-3,7-8,13H2,1H3. The number of oxazole rings is 1. The molecule has 4 aromatic rings. The predicted molar refractivity (Wildman–Crippen MR) is 116 cm³/mol. The predicted octanol–water partition coefficient (Wildman–Crippen LogP) is 6.56. The summed E-state index contributed by atoms with van der Waals surface area (Å²) in [5.74, 6) is 3.39. The lowest BCUT2D eigenvalue weighted by Crippen LogP contribution is -2.08. The third kappa shape index (κ3) is 3.68. The number of benzene rings is 1. The van der Waals surface area contributed by atoms with Crippen molar-refractivity contribution in [1.29, 1.82) is 0 Å². The van der Waals surface area contributed by atoms with Crippen LogP contribution in [0.2, 0.25) is 5.02 Å². The molecule has 0 saturated heterocycles. The fourth-order valence-corrected chi connectivity index (χ4v) is 5.12. The number of rotatable bonds is 6. The summed E-state index contributed by atoms with van der Waals surface area (Å²) in [7, 11) is 0. The van der Waals surface area contributed by atoms with Crippen molar-refractivity contribution in [3.63, 3.8) is 0 Å². The van der Waals surface area contributed by atoms with Crippen LogP contribution in [0.5, 0.6) is 0 Å². The lowest BCUT2D eigenvalue weighted by Gasteiger charge is -2.17. The van der Waals surface area contributed by atoms with Crippen molar-refractivity contribution in [1.82, 2.24) is 19.7 Å². The Morgan fingerprint density at radius 3 is 2.73 bits per heavy atom. The molecule has 0 atom stereocenters. The second-order valence-electron chi connectivity index (χ2n) is 7.38. The van der Waals surface area contributed by atoms with Crippen molar-refractivity contribution in [3.05, 3.63) is 59.1 Å². The number of hydrogen-bond donors (Lipinski definition) is 0. The SMILES string of the molecule is Cc1oc(-c2ccco2)nc1CSc1nnc(-c2ccccc2Cl)n1C1CCCC1. The molecule has 1 aliphatic carbocycles. The molecule has 154 valence electrons. The normalized spacial score (nSPS) is 14.6. The molecular formula is C22H21ClN4O2S. The van der Waals surface area contributed by atoms with Crippen LogP contribution in [0.25, 0.3) is 23.0 Å². The van der Waals surface area contributed by atoms with Gasteiger partial charge in [-0.15, -0.1) is 10.2 Å². The van der Waals surface area contributed by atoms with E-state index in [0.29, 0.717) is 28.5 Å². The van der Waals surface area contributed by atoms with Crippen molar-refractivity contribution < 1.29 is 8.83 Å². The number of aryl methyl sites for hydroxylation is 1. The third-order valence-electron chi connectivity index (χ3n) is 5.43. The Morgan fingerprint density at radius 1 is 1.13 bits per heavy atom. The summed E-state index contributed by atoms with van der Waals surface area (Å²) in [5, 5.41) is 10.6. The number of thioether (sulfide) groups is 1. The number of halogens is 1. The summed E-state index contributed by atoms with van der Waals surface area (Å²) in [6, 6.07) is 11.9. The minimum absolute atomic E-state index is 0.394. The van der Waals surface area contributed by atoms with Crippen molar-refractivity contribution in [3.8, 4) is 23.0 Å². The first-order valence-corrected chi connectivity index (χ1v) is 11.4. The molecule has 0 unspecified atom stereocenters. The zero-order valence-electron chi connectivity index (χ0n) is 16.5. The molecule has 0 amide bonds. The van der Waals surface area contributed by atoms with Gasteiger partial charge in [0.25, 0.3) is 5.89 Å². The molecule has 8 heteroatoms. The van der Waals surface area contributed by atoms with E-state index in [4.69, 9.17) is 20.4 Å². The van der Waals surface area contributed by atoms with E-state index in [1.54, 1.807) is 18.0 Å². The Bertz CT molecular complexity index is 1150. The zero-order chi connectivity index (χ0) is 20.5. The van der Waals surface area contributed by atoms with Gasteiger partial charge < -0.3 is 8.83 Å². The van der Waals surface area contributed by atoms with Crippen LogP contribution in [-0.4, -0.2) is 19.7 Å². The second kappa shape index (κ2) is 8.32. The van der Waals surface area contributed by atoms with Gasteiger partial charge in [-0.25, -0.2) is 4.98 Å². The Kier molecular flexibility index (Phi) is 5.39. The molecule has 1 aromatic carbocycles. The fourth-order valence-electron chi connectivity index (χ4n) is 3.89. The van der Waals surface area contributed by atoms with Crippen LogP contribution in [0.1, 0.15) is 43.2 Å². The van der Waals surface area contributed by atoms with Gasteiger partial charge in [-0.3, -0.25) is 4.57 Å². The monoisotopic (exact) mass is 440 g/mol. The number of nitrogens with zero attached hydrogens (tertiary/aromatic N) is 4. The highest BCUT2D eigenvalue weighted by Gasteiger charge is 2.26. The van der Waals surface area contributed by atoms with Gasteiger partial charge in [0.1, 0.15) is 5.76 Å². The Balaban J connectivity index is 1.44. The first kappa shape index (κ1) is 19.5. The van der Waals surface area contributed by atoms with Crippen LogP contribution >= 0.6 is 23.4 Å². The first-order valence-electron chi connectivity index (χ1n) is 10.0. The second-order valence-corrected chi connectivity index (χ2v) is 8.73. The molecule has 0 spiro atoms. The molecule has 1 aliphatic rings. The van der Waals surface area contributed by atoms with Crippen molar-refractivity contribution >= 4 is 23.4 Å². The molecule has 1 saturated carbocycles. The van der Waals surface area contributed by atoms with Crippen LogP contribution in [0.15, 0.2) is 56.7 Å². The summed E-state index contributed by atoms with van der Waals surface area (Å²) in [6.45, 7) is 1.92. The number of hydrogen-bond acceptors (Lipinski definition) is 6. The first-order chi connectivity index (χ1) is 14.7. The average Bonchev–Trinajstić information content (AvgIpc) is 3.53. The smallest absolute Gasteiger partial charge is 0.263 e. The van der Waals surface area contributed by atoms with Gasteiger partial charge in [0.15, 0.2) is 16.7 Å². The van der Waals surface area contributed by atoms with Crippen LogP contribution in [0, 0.1) is 6.92 Å². The lowest BCUT2D eigenvalue weighted by atomic mass is 10.2. The van der Waals surface area contributed by atoms with E-state index >= 15 is 0 Å². The average molecular weight is 441 g/mol. The maximum Gasteiger partial charge on any atom is 0.263 e. The molecule has 6 nitrogen and oxygen atoms in total. The highest BCUT2D eigenvalue weighted by Crippen LogP contribution is 2.39. The molecule has 5 rings (SSSR count). The Hall–Kier alpha value is -2.51. The molecule has 0 N–H and O–H groups in total. The minimum Gasteiger partial charge on any atom is -0.459 e. The van der Waals surface area contributed by atoms with Gasteiger partial charge in [0.2, 0.25) is 0 Å². The van der Waals surface area contributed by atoms with Crippen LogP contribution in [0.4, 0.5) is 0 Å². The molecule has 1 fully saturated rings. The summed E-state index contributed by atoms with van der Waals surface area (Å²) < 4.78 is 13.5. The van der Waals surface area contributed by atoms with Gasteiger partial charge in [0, 0.05) is 17.4 Å². The Labute approximate surface area is 183 Å². The summed E-state index contributed by atoms with van der Waals surface area (Å²) in [4.78, 5) is 4.61. The van der Waals surface area contributed by atoms with Crippen molar-refractivity contribution in [2.45, 2.75) is 49.6 Å². The molecule has 3 aromatic heterocycles. The molecule has 30 heavy (non-hydrogen) atoms. The summed E-state index contributed by atoms with van der Waals surface area (Å²) >= 11 is 8.10. The highest BCUT2D eigenvalue weighted by atomic mass is 35.5. The molecule has 3 heterocycles. The molecule has 0 radical (unpaired) electrons. The lowest BCUT2D eigenvalue weighted by molar-refractivity contribution is 0.485. The van der Waals surface area contributed by atoms with Crippen LogP contribution in [0.3, 0.4) is 0 Å². The van der Waals surface area contributed by atoms with E-state index in [2.05, 4.69) is 19.7 Å². The van der Waals surface area contributed by atoms with Crippen LogP contribution in [-0.2, 0) is 5.75 Å². The van der Waals surface area contributed by atoms with Crippen molar-refractivity contribution in [2.75, 3.05) is 0 Å². The highest BCUT2D eigenvalue weighted by molar-refractivity contribution is 7.98. The number of aromatic nitrogens is 4. The largest absolute Gasteiger partial charge is 0.459 e. The van der Waals surface area contributed by atoms with E-state index in [9.17, 15) is 0 Å². The fraction of sp³-hybridized carbons (Fsp3) is 0.318. The maximum absolute atomic E-state index is 6.47. The maximum atomic E-state index is 6.47. The summed E-state index contributed by atoms with van der Waals surface area (Å²) in [6.07, 6.45) is 6.33. The Morgan fingerprint density at radius 2 is 1.97 bits per heavy atom. The third-order valence-corrected chi connectivity index (χ3v) is 6.72. The number of furan rings is 1. The van der Waals surface area contributed by atoms with E-state index < -0.39 is 0 Å². The van der Waals surface area contributed by atoms with E-state index in [1.807, 2.05) is 43.3 Å². The van der Waals surface area contributed by atoms with Crippen molar-refractivity contribution in [2.24, 2.45) is 0 Å². The molecule has 0 aliphatic heterocycles. The van der Waals surface area contributed by atoms with Gasteiger partial charge in [0.05, 0.1) is 17.0 Å². The van der Waals surface area contributed by atoms with E-state index in [-0.39, 0.29) is 0 Å².